The molecule has 0 saturated carbocycles. The van der Waals surface area contributed by atoms with Gasteiger partial charge >= 0.3 is 0 Å². The minimum atomic E-state index is -0.134. The van der Waals surface area contributed by atoms with Crippen LogP contribution in [0.1, 0.15) is 24.2 Å². The molecule has 4 heteroatoms. The molecule has 2 atom stereocenters. The van der Waals surface area contributed by atoms with Gasteiger partial charge in [0.15, 0.2) is 0 Å². The highest BCUT2D eigenvalue weighted by Crippen LogP contribution is 2.20. The first kappa shape index (κ1) is 11.9. The third-order valence-corrected chi connectivity index (χ3v) is 2.84. The highest BCUT2D eigenvalue weighted by Gasteiger charge is 2.27. The number of benzene rings is 1. The van der Waals surface area contributed by atoms with E-state index in [1.807, 2.05) is 13.8 Å². The molecule has 1 fully saturated rings. The number of aromatic hydroxyl groups is 1. The molecular weight excluding hydrogens is 218 g/mol. The lowest BCUT2D eigenvalue weighted by molar-refractivity contribution is -0.0586. The van der Waals surface area contributed by atoms with Crippen LogP contribution in [0.5, 0.6) is 5.75 Å². The van der Waals surface area contributed by atoms with Crippen LogP contribution in [0.25, 0.3) is 0 Å². The maximum Gasteiger partial charge on any atom is 0.257 e. The fourth-order valence-electron chi connectivity index (χ4n) is 2.17. The fourth-order valence-corrected chi connectivity index (χ4v) is 2.17. The minimum absolute atomic E-state index is 0.0318. The van der Waals surface area contributed by atoms with Crippen LogP contribution in [0.15, 0.2) is 24.3 Å². The molecule has 2 rings (SSSR count). The van der Waals surface area contributed by atoms with Crippen LogP contribution in [0, 0.1) is 0 Å². The van der Waals surface area contributed by atoms with E-state index in [-0.39, 0.29) is 23.9 Å². The predicted octanol–water partition coefficient (Wildman–Crippen LogP) is 1.64. The molecule has 0 radical (unpaired) electrons. The molecule has 17 heavy (non-hydrogen) atoms. The van der Waals surface area contributed by atoms with Crippen LogP contribution in [0.2, 0.25) is 0 Å². The number of para-hydroxylation sites is 1. The number of amides is 1. The molecule has 1 aromatic carbocycles. The van der Waals surface area contributed by atoms with Crippen LogP contribution in [-0.4, -0.2) is 41.2 Å². The number of phenolic OH excluding ortho intramolecular Hbond substituents is 1. The van der Waals surface area contributed by atoms with Gasteiger partial charge in [0.1, 0.15) is 5.75 Å². The standard InChI is InChI=1S/C13H17NO3/c1-9-7-14(8-10(2)17-9)13(16)11-5-3-4-6-12(11)15/h3-6,9-10,15H,7-8H2,1-2H3. The summed E-state index contributed by atoms with van der Waals surface area (Å²) in [6, 6.07) is 6.62. The van der Waals surface area contributed by atoms with Gasteiger partial charge in [0.25, 0.3) is 5.91 Å². The first-order chi connectivity index (χ1) is 8.08. The Morgan fingerprint density at radius 3 is 2.47 bits per heavy atom. The number of ether oxygens (including phenoxy) is 1. The molecule has 0 spiro atoms. The lowest BCUT2D eigenvalue weighted by Crippen LogP contribution is -2.48. The molecule has 0 aliphatic carbocycles. The van der Waals surface area contributed by atoms with E-state index < -0.39 is 0 Å². The lowest BCUT2D eigenvalue weighted by Gasteiger charge is -2.35. The molecule has 1 amide bonds. The number of nitrogens with zero attached hydrogens (tertiary/aromatic N) is 1. The molecule has 2 unspecified atom stereocenters. The van der Waals surface area contributed by atoms with Crippen molar-refractivity contribution in [3.8, 4) is 5.75 Å². The second-order valence-corrected chi connectivity index (χ2v) is 4.48. The maximum absolute atomic E-state index is 12.2. The van der Waals surface area contributed by atoms with Gasteiger partial charge in [-0.15, -0.1) is 0 Å². The Balaban J connectivity index is 2.17. The summed E-state index contributed by atoms with van der Waals surface area (Å²) >= 11 is 0. The summed E-state index contributed by atoms with van der Waals surface area (Å²) in [6.45, 7) is 5.02. The third-order valence-electron chi connectivity index (χ3n) is 2.84. The molecule has 1 aliphatic heterocycles. The zero-order valence-electron chi connectivity index (χ0n) is 10.1. The number of phenols is 1. The van der Waals surface area contributed by atoms with Crippen LogP contribution < -0.4 is 0 Å². The molecule has 1 N–H and O–H groups in total. The van der Waals surface area contributed by atoms with E-state index in [0.717, 1.165) is 0 Å². The Morgan fingerprint density at radius 2 is 1.88 bits per heavy atom. The summed E-state index contributed by atoms with van der Waals surface area (Å²) in [5.41, 5.74) is 0.355. The first-order valence-electron chi connectivity index (χ1n) is 5.80. The average molecular weight is 235 g/mol. The summed E-state index contributed by atoms with van der Waals surface area (Å²) in [5, 5.41) is 9.66. The normalized spacial score (nSPS) is 24.7. The molecule has 1 aromatic rings. The number of morpholine rings is 1. The highest BCUT2D eigenvalue weighted by molar-refractivity contribution is 5.96. The van der Waals surface area contributed by atoms with Crippen molar-refractivity contribution in [3.63, 3.8) is 0 Å². The van der Waals surface area contributed by atoms with Crippen molar-refractivity contribution in [2.75, 3.05) is 13.1 Å². The van der Waals surface area contributed by atoms with Crippen LogP contribution in [0.3, 0.4) is 0 Å². The number of hydrogen-bond donors (Lipinski definition) is 1. The second-order valence-electron chi connectivity index (χ2n) is 4.48. The summed E-state index contributed by atoms with van der Waals surface area (Å²) in [6.07, 6.45) is 0.0714. The first-order valence-corrected chi connectivity index (χ1v) is 5.80. The van der Waals surface area contributed by atoms with Crippen LogP contribution >= 0.6 is 0 Å². The van der Waals surface area contributed by atoms with Crippen molar-refractivity contribution >= 4 is 5.91 Å². The van der Waals surface area contributed by atoms with E-state index in [4.69, 9.17) is 4.74 Å². The Kier molecular flexibility index (Phi) is 3.33. The van der Waals surface area contributed by atoms with Gasteiger partial charge in [0, 0.05) is 13.1 Å². The average Bonchev–Trinajstić information content (AvgIpc) is 2.27. The molecule has 1 aliphatic rings. The van der Waals surface area contributed by atoms with E-state index in [0.29, 0.717) is 18.7 Å². The predicted molar refractivity (Wildman–Crippen MR) is 64.0 cm³/mol. The van der Waals surface area contributed by atoms with Gasteiger partial charge in [-0.1, -0.05) is 12.1 Å². The second kappa shape index (κ2) is 4.75. The van der Waals surface area contributed by atoms with Crippen molar-refractivity contribution < 1.29 is 14.6 Å². The molecule has 0 bridgehead atoms. The number of rotatable bonds is 1. The Labute approximate surface area is 101 Å². The van der Waals surface area contributed by atoms with Gasteiger partial charge in [-0.05, 0) is 26.0 Å². The van der Waals surface area contributed by atoms with Gasteiger partial charge in [-0.25, -0.2) is 0 Å². The van der Waals surface area contributed by atoms with E-state index in [2.05, 4.69) is 0 Å². The molecule has 92 valence electrons. The zero-order valence-corrected chi connectivity index (χ0v) is 10.1. The fraction of sp³-hybridized carbons (Fsp3) is 0.462. The Hall–Kier alpha value is -1.55. The van der Waals surface area contributed by atoms with Crippen molar-refractivity contribution in [2.45, 2.75) is 26.1 Å². The number of carbonyl (C=O) groups excluding carboxylic acids is 1. The van der Waals surface area contributed by atoms with Gasteiger partial charge in [-0.2, -0.15) is 0 Å². The summed E-state index contributed by atoms with van der Waals surface area (Å²) < 4.78 is 5.58. The molecule has 4 nitrogen and oxygen atoms in total. The quantitative estimate of drug-likeness (QED) is 0.805. The largest absolute Gasteiger partial charge is 0.507 e. The molecular formula is C13H17NO3. The maximum atomic E-state index is 12.2. The molecule has 1 saturated heterocycles. The van der Waals surface area contributed by atoms with Crippen molar-refractivity contribution in [1.82, 2.24) is 4.90 Å². The van der Waals surface area contributed by atoms with E-state index in [9.17, 15) is 9.90 Å². The highest BCUT2D eigenvalue weighted by atomic mass is 16.5. The van der Waals surface area contributed by atoms with E-state index in [1.54, 1.807) is 23.1 Å². The topological polar surface area (TPSA) is 49.8 Å². The van der Waals surface area contributed by atoms with Gasteiger partial charge in [0.05, 0.1) is 17.8 Å². The van der Waals surface area contributed by atoms with Crippen molar-refractivity contribution in [2.24, 2.45) is 0 Å². The van der Waals surface area contributed by atoms with Crippen LogP contribution in [-0.2, 0) is 4.74 Å². The zero-order chi connectivity index (χ0) is 12.4. The Bertz CT molecular complexity index is 409. The lowest BCUT2D eigenvalue weighted by atomic mass is 10.1. The Morgan fingerprint density at radius 1 is 1.29 bits per heavy atom. The minimum Gasteiger partial charge on any atom is -0.507 e. The van der Waals surface area contributed by atoms with Crippen molar-refractivity contribution in [3.05, 3.63) is 29.8 Å². The smallest absolute Gasteiger partial charge is 0.257 e. The van der Waals surface area contributed by atoms with Gasteiger partial charge in [-0.3, -0.25) is 4.79 Å². The summed E-state index contributed by atoms with van der Waals surface area (Å²) in [5.74, 6) is -0.102. The number of hydrogen-bond acceptors (Lipinski definition) is 3. The third kappa shape index (κ3) is 2.58. The summed E-state index contributed by atoms with van der Waals surface area (Å²) in [4.78, 5) is 14.0. The summed E-state index contributed by atoms with van der Waals surface area (Å²) in [7, 11) is 0. The van der Waals surface area contributed by atoms with E-state index in [1.165, 1.54) is 6.07 Å². The molecule has 0 aromatic heterocycles. The monoisotopic (exact) mass is 235 g/mol. The molecule has 1 heterocycles. The van der Waals surface area contributed by atoms with Crippen molar-refractivity contribution in [1.29, 1.82) is 0 Å². The van der Waals surface area contributed by atoms with Crippen LogP contribution in [0.4, 0.5) is 0 Å². The number of carbonyl (C=O) groups is 1. The van der Waals surface area contributed by atoms with Gasteiger partial charge < -0.3 is 14.7 Å². The SMILES string of the molecule is CC1CN(C(=O)c2ccccc2O)CC(C)O1. The van der Waals surface area contributed by atoms with Gasteiger partial charge in [0.2, 0.25) is 0 Å². The van der Waals surface area contributed by atoms with E-state index >= 15 is 0 Å².